The first kappa shape index (κ1) is 20.7. The molecule has 1 aromatic carbocycles. The number of hydrogen-bond donors (Lipinski definition) is 1. The van der Waals surface area contributed by atoms with Gasteiger partial charge in [0.25, 0.3) is 5.91 Å². The van der Waals surface area contributed by atoms with Crippen LogP contribution in [0.4, 0.5) is 0 Å². The highest BCUT2D eigenvalue weighted by molar-refractivity contribution is 7.09. The molecule has 1 aliphatic heterocycles. The molecule has 0 aliphatic carbocycles. The van der Waals surface area contributed by atoms with Crippen LogP contribution in [0.3, 0.4) is 0 Å². The van der Waals surface area contributed by atoms with E-state index in [2.05, 4.69) is 11.4 Å². The van der Waals surface area contributed by atoms with Crippen LogP contribution in [0.2, 0.25) is 5.02 Å². The lowest BCUT2D eigenvalue weighted by molar-refractivity contribution is -0.130. The van der Waals surface area contributed by atoms with E-state index < -0.39 is 0 Å². The molecule has 0 bridgehead atoms. The maximum absolute atomic E-state index is 12.8. The van der Waals surface area contributed by atoms with Gasteiger partial charge in [-0.15, -0.1) is 11.3 Å². The third kappa shape index (κ3) is 5.49. The van der Waals surface area contributed by atoms with E-state index in [4.69, 9.17) is 16.3 Å². The van der Waals surface area contributed by atoms with Gasteiger partial charge in [-0.25, -0.2) is 0 Å². The summed E-state index contributed by atoms with van der Waals surface area (Å²) in [5.41, 5.74) is 0.444. The van der Waals surface area contributed by atoms with E-state index in [9.17, 15) is 9.59 Å². The van der Waals surface area contributed by atoms with Gasteiger partial charge in [0.15, 0.2) is 0 Å². The Morgan fingerprint density at radius 3 is 2.71 bits per heavy atom. The predicted octanol–water partition coefficient (Wildman–Crippen LogP) is 4.15. The van der Waals surface area contributed by atoms with Crippen molar-refractivity contribution in [1.82, 2.24) is 10.2 Å². The molecule has 0 spiro atoms. The van der Waals surface area contributed by atoms with Gasteiger partial charge in [-0.2, -0.15) is 0 Å². The zero-order chi connectivity index (χ0) is 20.1. The Labute approximate surface area is 174 Å². The maximum atomic E-state index is 12.8. The highest BCUT2D eigenvalue weighted by atomic mass is 35.5. The number of amides is 2. The molecular weight excluding hydrogens is 396 g/mol. The topological polar surface area (TPSA) is 58.6 Å². The van der Waals surface area contributed by atoms with E-state index in [0.717, 1.165) is 19.3 Å². The molecular formula is C21H25ClN2O3S. The molecule has 28 heavy (non-hydrogen) atoms. The molecule has 0 saturated carbocycles. The van der Waals surface area contributed by atoms with Gasteiger partial charge in [0.2, 0.25) is 5.91 Å². The van der Waals surface area contributed by atoms with Crippen LogP contribution in [0.5, 0.6) is 5.75 Å². The fourth-order valence-corrected chi connectivity index (χ4v) is 4.34. The standard InChI is InChI=1S/C21H25ClN2O3S/c1-14(12-18-4-3-11-28-18)23-21(26)19-13-16(22)5-6-20(19)27-17-7-9-24(10-8-17)15(2)25/h3-6,11,13-14,17H,7-10,12H2,1-2H3,(H,23,26)/t14-/m0/s1. The summed E-state index contributed by atoms with van der Waals surface area (Å²) in [6.07, 6.45) is 2.26. The number of likely N-dealkylation sites (tertiary alicyclic amines) is 1. The third-order valence-electron chi connectivity index (χ3n) is 4.83. The Kier molecular flexibility index (Phi) is 6.97. The third-order valence-corrected chi connectivity index (χ3v) is 5.97. The van der Waals surface area contributed by atoms with Gasteiger partial charge in [-0.05, 0) is 36.6 Å². The van der Waals surface area contributed by atoms with E-state index >= 15 is 0 Å². The molecule has 1 aliphatic rings. The molecule has 1 aromatic heterocycles. The largest absolute Gasteiger partial charge is 0.489 e. The number of carbonyl (C=O) groups is 2. The Bertz CT molecular complexity index is 817. The highest BCUT2D eigenvalue weighted by Gasteiger charge is 2.24. The summed E-state index contributed by atoms with van der Waals surface area (Å²) < 4.78 is 6.12. The molecule has 7 heteroatoms. The van der Waals surface area contributed by atoms with Gasteiger partial charge in [0.1, 0.15) is 11.9 Å². The van der Waals surface area contributed by atoms with Crippen molar-refractivity contribution in [3.05, 3.63) is 51.2 Å². The normalized spacial score (nSPS) is 15.9. The van der Waals surface area contributed by atoms with E-state index in [-0.39, 0.29) is 24.0 Å². The summed E-state index contributed by atoms with van der Waals surface area (Å²) in [4.78, 5) is 27.4. The summed E-state index contributed by atoms with van der Waals surface area (Å²) in [5.74, 6) is 0.430. The molecule has 1 fully saturated rings. The number of nitrogens with zero attached hydrogens (tertiary/aromatic N) is 1. The van der Waals surface area contributed by atoms with Crippen molar-refractivity contribution in [1.29, 1.82) is 0 Å². The maximum Gasteiger partial charge on any atom is 0.255 e. The Morgan fingerprint density at radius 2 is 2.07 bits per heavy atom. The molecule has 0 radical (unpaired) electrons. The van der Waals surface area contributed by atoms with Crippen LogP contribution in [0.25, 0.3) is 0 Å². The molecule has 150 valence electrons. The van der Waals surface area contributed by atoms with Crippen molar-refractivity contribution in [2.45, 2.75) is 45.3 Å². The second-order valence-corrected chi connectivity index (χ2v) is 8.59. The molecule has 0 unspecified atom stereocenters. The van der Waals surface area contributed by atoms with Crippen LogP contribution in [0, 0.1) is 0 Å². The summed E-state index contributed by atoms with van der Waals surface area (Å²) in [6, 6.07) is 9.20. The molecule has 1 saturated heterocycles. The van der Waals surface area contributed by atoms with Crippen molar-refractivity contribution >= 4 is 34.8 Å². The van der Waals surface area contributed by atoms with Crippen molar-refractivity contribution in [3.8, 4) is 5.75 Å². The monoisotopic (exact) mass is 420 g/mol. The van der Waals surface area contributed by atoms with Crippen molar-refractivity contribution in [2.75, 3.05) is 13.1 Å². The van der Waals surface area contributed by atoms with Crippen LogP contribution in [0.15, 0.2) is 35.7 Å². The summed E-state index contributed by atoms with van der Waals surface area (Å²) >= 11 is 7.81. The first-order valence-electron chi connectivity index (χ1n) is 9.47. The van der Waals surface area contributed by atoms with E-state index in [1.54, 1.807) is 36.5 Å². The zero-order valence-electron chi connectivity index (χ0n) is 16.1. The zero-order valence-corrected chi connectivity index (χ0v) is 17.7. The smallest absolute Gasteiger partial charge is 0.255 e. The quantitative estimate of drug-likeness (QED) is 0.763. The van der Waals surface area contributed by atoms with Gasteiger partial charge < -0.3 is 15.0 Å². The van der Waals surface area contributed by atoms with E-state index in [1.165, 1.54) is 4.88 Å². The average Bonchev–Trinajstić information content (AvgIpc) is 3.16. The molecule has 1 N–H and O–H groups in total. The van der Waals surface area contributed by atoms with Crippen molar-refractivity contribution in [2.24, 2.45) is 0 Å². The molecule has 2 heterocycles. The average molecular weight is 421 g/mol. The molecule has 2 amide bonds. The van der Waals surface area contributed by atoms with Crippen molar-refractivity contribution < 1.29 is 14.3 Å². The van der Waals surface area contributed by atoms with Crippen LogP contribution in [-0.2, 0) is 11.2 Å². The molecule has 3 rings (SSSR count). The number of thiophene rings is 1. The number of halogens is 1. The number of carbonyl (C=O) groups excluding carboxylic acids is 2. The number of benzene rings is 1. The van der Waals surface area contributed by atoms with Gasteiger partial charge in [0, 0.05) is 55.2 Å². The minimum absolute atomic E-state index is 0.00298. The second kappa shape index (κ2) is 9.43. The summed E-state index contributed by atoms with van der Waals surface area (Å²) in [5, 5.41) is 5.56. The van der Waals surface area contributed by atoms with Gasteiger partial charge in [-0.1, -0.05) is 17.7 Å². The minimum Gasteiger partial charge on any atom is -0.489 e. The lowest BCUT2D eigenvalue weighted by atomic mass is 10.1. The minimum atomic E-state index is -0.192. The SMILES string of the molecule is CC(=O)N1CCC(Oc2ccc(Cl)cc2C(=O)N[C@@H](C)Cc2cccs2)CC1. The van der Waals surface area contributed by atoms with Crippen molar-refractivity contribution in [3.63, 3.8) is 0 Å². The fourth-order valence-electron chi connectivity index (χ4n) is 3.33. The van der Waals surface area contributed by atoms with Crippen LogP contribution in [0.1, 0.15) is 41.9 Å². The number of hydrogen-bond acceptors (Lipinski definition) is 4. The first-order chi connectivity index (χ1) is 13.4. The lowest BCUT2D eigenvalue weighted by Crippen LogP contribution is -2.41. The van der Waals surface area contributed by atoms with Crippen LogP contribution >= 0.6 is 22.9 Å². The molecule has 1 atom stereocenters. The van der Waals surface area contributed by atoms with E-state index in [0.29, 0.717) is 29.4 Å². The number of nitrogens with one attached hydrogen (secondary N) is 1. The van der Waals surface area contributed by atoms with Gasteiger partial charge in [-0.3, -0.25) is 9.59 Å². The van der Waals surface area contributed by atoms with Gasteiger partial charge in [0.05, 0.1) is 5.56 Å². The first-order valence-corrected chi connectivity index (χ1v) is 10.7. The fraction of sp³-hybridized carbons (Fsp3) is 0.429. The molecule has 5 nitrogen and oxygen atoms in total. The Morgan fingerprint density at radius 1 is 1.32 bits per heavy atom. The highest BCUT2D eigenvalue weighted by Crippen LogP contribution is 2.26. The number of piperidine rings is 1. The Balaban J connectivity index is 1.65. The lowest BCUT2D eigenvalue weighted by Gasteiger charge is -2.31. The van der Waals surface area contributed by atoms with Gasteiger partial charge >= 0.3 is 0 Å². The second-order valence-electron chi connectivity index (χ2n) is 7.12. The molecule has 2 aromatic rings. The van der Waals surface area contributed by atoms with Crippen LogP contribution < -0.4 is 10.1 Å². The number of rotatable bonds is 6. The summed E-state index contributed by atoms with van der Waals surface area (Å²) in [7, 11) is 0. The number of ether oxygens (including phenoxy) is 1. The van der Waals surface area contributed by atoms with E-state index in [1.807, 2.05) is 23.3 Å². The Hall–Kier alpha value is -2.05. The summed E-state index contributed by atoms with van der Waals surface area (Å²) in [6.45, 7) is 4.92. The predicted molar refractivity (Wildman–Crippen MR) is 112 cm³/mol. The van der Waals surface area contributed by atoms with Crippen LogP contribution in [-0.4, -0.2) is 41.9 Å².